The van der Waals surface area contributed by atoms with Crippen molar-refractivity contribution in [2.45, 2.75) is 38.6 Å². The van der Waals surface area contributed by atoms with Crippen LogP contribution in [0.15, 0.2) is 36.5 Å². The fourth-order valence-electron chi connectivity index (χ4n) is 5.76. The summed E-state index contributed by atoms with van der Waals surface area (Å²) in [6.45, 7) is 5.24. The lowest BCUT2D eigenvalue weighted by atomic mass is 10.0. The van der Waals surface area contributed by atoms with E-state index < -0.39 is 0 Å². The Morgan fingerprint density at radius 1 is 1.13 bits per heavy atom. The lowest BCUT2D eigenvalue weighted by molar-refractivity contribution is 0.260. The van der Waals surface area contributed by atoms with Crippen molar-refractivity contribution >= 4 is 22.5 Å². The minimum Gasteiger partial charge on any atom is -0.496 e. The number of aromatic amines is 1. The molecule has 0 atom stereocenters. The third-order valence-corrected chi connectivity index (χ3v) is 8.14. The smallest absolute Gasteiger partial charge is 0.225 e. The van der Waals surface area contributed by atoms with E-state index in [0.29, 0.717) is 17.7 Å². The van der Waals surface area contributed by atoms with Crippen LogP contribution < -0.4 is 10.1 Å². The molecule has 10 nitrogen and oxygen atoms in total. The van der Waals surface area contributed by atoms with Gasteiger partial charge >= 0.3 is 0 Å². The van der Waals surface area contributed by atoms with E-state index in [0.717, 1.165) is 60.0 Å². The van der Waals surface area contributed by atoms with Gasteiger partial charge in [0.25, 0.3) is 0 Å². The highest BCUT2D eigenvalue weighted by Crippen LogP contribution is 2.47. The number of nitrogens with one attached hydrogen (secondary N) is 2. The first-order valence-electron chi connectivity index (χ1n) is 13.6. The van der Waals surface area contributed by atoms with Crippen molar-refractivity contribution < 1.29 is 4.74 Å². The predicted octanol–water partition coefficient (Wildman–Crippen LogP) is 4.77. The second-order valence-corrected chi connectivity index (χ2v) is 10.6. The molecule has 0 unspecified atom stereocenters. The van der Waals surface area contributed by atoms with E-state index in [1.165, 1.54) is 35.2 Å². The number of H-pyrrole nitrogens is 1. The van der Waals surface area contributed by atoms with Gasteiger partial charge in [-0.3, -0.25) is 10.00 Å². The van der Waals surface area contributed by atoms with Crippen molar-refractivity contribution in [2.24, 2.45) is 14.1 Å². The van der Waals surface area contributed by atoms with Gasteiger partial charge in [0, 0.05) is 50.2 Å². The molecule has 1 aliphatic carbocycles. The standard InChI is InChI=1S/C29H33N9O/c1-5-38-13-12-22-24(16-38)36(2)28(31-22)19-9-8-18(14-25(19)39-4)27-33-29(37(3)35-27)32-23-11-10-21-20(15-30-34-21)26(23)17-6-7-17/h8-11,14-15,17H,5-7,12-13,16H2,1-4H3,(H,30,34)(H,32,33,35). The van der Waals surface area contributed by atoms with Gasteiger partial charge in [-0.2, -0.15) is 10.1 Å². The molecule has 10 heteroatoms. The molecule has 5 aromatic rings. The molecule has 1 aliphatic heterocycles. The summed E-state index contributed by atoms with van der Waals surface area (Å²) in [4.78, 5) is 12.3. The average molecular weight is 524 g/mol. The Morgan fingerprint density at radius 3 is 2.79 bits per heavy atom. The normalized spacial score (nSPS) is 15.6. The van der Waals surface area contributed by atoms with Gasteiger partial charge in [-0.1, -0.05) is 13.0 Å². The molecule has 1 saturated carbocycles. The zero-order chi connectivity index (χ0) is 26.7. The number of imidazole rings is 1. The average Bonchev–Trinajstić information content (AvgIpc) is 3.42. The molecule has 4 heterocycles. The summed E-state index contributed by atoms with van der Waals surface area (Å²) < 4.78 is 9.86. The Balaban J connectivity index is 1.20. The molecule has 200 valence electrons. The summed E-state index contributed by atoms with van der Waals surface area (Å²) in [5, 5.41) is 16.8. The van der Waals surface area contributed by atoms with E-state index in [1.807, 2.05) is 19.3 Å². The van der Waals surface area contributed by atoms with Crippen LogP contribution >= 0.6 is 0 Å². The predicted molar refractivity (Wildman–Crippen MR) is 151 cm³/mol. The fourth-order valence-corrected chi connectivity index (χ4v) is 5.76. The molecule has 3 aromatic heterocycles. The summed E-state index contributed by atoms with van der Waals surface area (Å²) in [7, 11) is 5.72. The van der Waals surface area contributed by atoms with Crippen LogP contribution in [0.25, 0.3) is 33.7 Å². The maximum absolute atomic E-state index is 5.86. The number of methoxy groups -OCH3 is 1. The van der Waals surface area contributed by atoms with E-state index in [4.69, 9.17) is 19.8 Å². The number of aromatic nitrogens is 7. The molecule has 0 bridgehead atoms. The number of fused-ring (bicyclic) bond motifs is 2. The molecule has 0 radical (unpaired) electrons. The Bertz CT molecular complexity index is 1690. The molecule has 2 N–H and O–H groups in total. The number of aryl methyl sites for hydroxylation is 1. The zero-order valence-electron chi connectivity index (χ0n) is 22.8. The number of benzene rings is 2. The van der Waals surface area contributed by atoms with Crippen LogP contribution in [0.4, 0.5) is 11.6 Å². The Hall–Kier alpha value is -4.18. The summed E-state index contributed by atoms with van der Waals surface area (Å²) in [5.74, 6) is 3.57. The number of nitrogens with zero attached hydrogens (tertiary/aromatic N) is 7. The van der Waals surface area contributed by atoms with Gasteiger partial charge in [0.2, 0.25) is 5.95 Å². The van der Waals surface area contributed by atoms with Gasteiger partial charge in [-0.15, -0.1) is 5.10 Å². The zero-order valence-corrected chi connectivity index (χ0v) is 22.8. The van der Waals surface area contributed by atoms with Crippen LogP contribution in [0.5, 0.6) is 5.75 Å². The maximum atomic E-state index is 5.86. The highest BCUT2D eigenvalue weighted by Gasteiger charge is 2.29. The summed E-state index contributed by atoms with van der Waals surface area (Å²) in [6.07, 6.45) is 5.29. The largest absolute Gasteiger partial charge is 0.496 e. The number of likely N-dealkylation sites (N-methyl/N-ethyl adjacent to an activating group) is 1. The Labute approximate surface area is 227 Å². The van der Waals surface area contributed by atoms with Crippen LogP contribution in [0.2, 0.25) is 0 Å². The van der Waals surface area contributed by atoms with Crippen molar-refractivity contribution in [3.8, 4) is 28.5 Å². The molecule has 1 fully saturated rings. The monoisotopic (exact) mass is 523 g/mol. The minimum absolute atomic E-state index is 0.556. The van der Waals surface area contributed by atoms with Crippen LogP contribution in [-0.2, 0) is 27.1 Å². The highest BCUT2D eigenvalue weighted by atomic mass is 16.5. The van der Waals surface area contributed by atoms with E-state index >= 15 is 0 Å². The quantitative estimate of drug-likeness (QED) is 0.317. The van der Waals surface area contributed by atoms with Crippen molar-refractivity contribution in [1.29, 1.82) is 0 Å². The second kappa shape index (κ2) is 9.23. The summed E-state index contributed by atoms with van der Waals surface area (Å²) in [5.41, 5.74) is 7.75. The fraction of sp³-hybridized carbons (Fsp3) is 0.379. The van der Waals surface area contributed by atoms with Crippen LogP contribution in [-0.4, -0.2) is 59.6 Å². The SMILES string of the molecule is CCN1CCc2nc(-c3ccc(-c4nc(Nc5ccc6[nH]ncc6c5C5CC5)n(C)n4)cc3OC)n(C)c2C1. The van der Waals surface area contributed by atoms with Gasteiger partial charge in [-0.05, 0) is 55.1 Å². The minimum atomic E-state index is 0.556. The van der Waals surface area contributed by atoms with Gasteiger partial charge in [-0.25, -0.2) is 9.67 Å². The molecule has 0 saturated heterocycles. The molecule has 2 aromatic carbocycles. The van der Waals surface area contributed by atoms with Gasteiger partial charge in [0.15, 0.2) is 5.82 Å². The van der Waals surface area contributed by atoms with Crippen molar-refractivity contribution in [1.82, 2.24) is 39.4 Å². The molecule has 2 aliphatic rings. The summed E-state index contributed by atoms with van der Waals surface area (Å²) in [6, 6.07) is 10.3. The Kier molecular flexibility index (Phi) is 5.66. The van der Waals surface area contributed by atoms with Crippen molar-refractivity contribution in [3.05, 3.63) is 53.5 Å². The van der Waals surface area contributed by atoms with Crippen LogP contribution in [0.1, 0.15) is 42.6 Å². The molecular formula is C29H33N9O. The number of hydrogen-bond acceptors (Lipinski definition) is 7. The lowest BCUT2D eigenvalue weighted by Gasteiger charge is -2.25. The van der Waals surface area contributed by atoms with E-state index in [1.54, 1.807) is 11.8 Å². The first-order chi connectivity index (χ1) is 19.0. The molecule has 7 rings (SSSR count). The molecular weight excluding hydrogens is 490 g/mol. The topological polar surface area (TPSA) is 102 Å². The molecule has 39 heavy (non-hydrogen) atoms. The van der Waals surface area contributed by atoms with E-state index in [9.17, 15) is 0 Å². The third kappa shape index (κ3) is 4.06. The van der Waals surface area contributed by atoms with Crippen molar-refractivity contribution in [2.75, 3.05) is 25.5 Å². The highest BCUT2D eigenvalue weighted by molar-refractivity contribution is 5.89. The maximum Gasteiger partial charge on any atom is 0.225 e. The molecule has 0 spiro atoms. The first-order valence-corrected chi connectivity index (χ1v) is 13.6. The third-order valence-electron chi connectivity index (χ3n) is 8.14. The van der Waals surface area contributed by atoms with Crippen molar-refractivity contribution in [3.63, 3.8) is 0 Å². The molecule has 0 amide bonds. The van der Waals surface area contributed by atoms with Gasteiger partial charge in [0.1, 0.15) is 11.6 Å². The number of hydrogen-bond donors (Lipinski definition) is 2. The van der Waals surface area contributed by atoms with E-state index in [2.05, 4.69) is 63.2 Å². The number of rotatable bonds is 7. The van der Waals surface area contributed by atoms with Gasteiger partial charge in [0.05, 0.1) is 35.8 Å². The van der Waals surface area contributed by atoms with Crippen LogP contribution in [0, 0.1) is 0 Å². The number of ether oxygens (including phenoxy) is 1. The Morgan fingerprint density at radius 2 is 2.00 bits per heavy atom. The van der Waals surface area contributed by atoms with E-state index in [-0.39, 0.29) is 0 Å². The van der Waals surface area contributed by atoms with Gasteiger partial charge < -0.3 is 14.6 Å². The summed E-state index contributed by atoms with van der Waals surface area (Å²) >= 11 is 0. The lowest BCUT2D eigenvalue weighted by Crippen LogP contribution is -2.31. The first kappa shape index (κ1) is 23.9. The van der Waals surface area contributed by atoms with Crippen LogP contribution in [0.3, 0.4) is 0 Å². The second-order valence-electron chi connectivity index (χ2n) is 10.6. The number of anilines is 2.